The van der Waals surface area contributed by atoms with Crippen molar-refractivity contribution in [1.29, 1.82) is 0 Å². The predicted molar refractivity (Wildman–Crippen MR) is 130 cm³/mol. The average molecular weight is 506 g/mol. The molecule has 1 aromatic rings. The van der Waals surface area contributed by atoms with Crippen LogP contribution in [0.1, 0.15) is 13.8 Å². The molecule has 5 nitrogen and oxygen atoms in total. The Hall–Kier alpha value is -0.510. The summed E-state index contributed by atoms with van der Waals surface area (Å²) < 4.78 is 0. The van der Waals surface area contributed by atoms with Gasteiger partial charge < -0.3 is 20.4 Å². The number of hydrogen-bond acceptors (Lipinski definition) is 4. The Balaban J connectivity index is 0.00000364. The van der Waals surface area contributed by atoms with Gasteiger partial charge in [-0.3, -0.25) is 4.99 Å². The summed E-state index contributed by atoms with van der Waals surface area (Å²) in [6, 6.07) is 10.6. The summed E-state index contributed by atoms with van der Waals surface area (Å²) in [5.41, 5.74) is 0. The highest BCUT2D eigenvalue weighted by Crippen LogP contribution is 2.21. The second kappa shape index (κ2) is 13.6. The summed E-state index contributed by atoms with van der Waals surface area (Å²) in [6.45, 7) is 12.3. The van der Waals surface area contributed by atoms with Crippen molar-refractivity contribution in [3.05, 3.63) is 30.3 Å². The Morgan fingerprint density at radius 2 is 1.70 bits per heavy atom. The van der Waals surface area contributed by atoms with Crippen molar-refractivity contribution in [3.63, 3.8) is 0 Å². The highest BCUT2D eigenvalue weighted by Gasteiger charge is 2.16. The van der Waals surface area contributed by atoms with Gasteiger partial charge in [-0.2, -0.15) is 0 Å². The maximum absolute atomic E-state index is 4.36. The topological polar surface area (TPSA) is 42.9 Å². The molecule has 0 amide bonds. The highest BCUT2D eigenvalue weighted by atomic mass is 127. The van der Waals surface area contributed by atoms with Crippen molar-refractivity contribution in [2.24, 2.45) is 10.9 Å². The molecule has 1 saturated heterocycles. The van der Waals surface area contributed by atoms with Crippen LogP contribution in [0.3, 0.4) is 0 Å². The molecular weight excluding hydrogens is 469 g/mol. The van der Waals surface area contributed by atoms with Crippen LogP contribution in [0.5, 0.6) is 0 Å². The van der Waals surface area contributed by atoms with Crippen LogP contribution in [0.15, 0.2) is 40.2 Å². The fourth-order valence-corrected chi connectivity index (χ4v) is 3.99. The van der Waals surface area contributed by atoms with E-state index in [0.29, 0.717) is 11.2 Å². The molecule has 154 valence electrons. The Morgan fingerprint density at radius 3 is 2.33 bits per heavy atom. The van der Waals surface area contributed by atoms with Crippen molar-refractivity contribution >= 4 is 41.7 Å². The molecule has 1 aliphatic heterocycles. The molecule has 7 heteroatoms. The van der Waals surface area contributed by atoms with Crippen molar-refractivity contribution in [2.75, 3.05) is 59.9 Å². The second-order valence-electron chi connectivity index (χ2n) is 7.28. The van der Waals surface area contributed by atoms with Crippen LogP contribution in [-0.2, 0) is 0 Å². The number of piperazine rings is 1. The third-order valence-electron chi connectivity index (χ3n) is 4.64. The average Bonchev–Trinajstić information content (AvgIpc) is 2.64. The fourth-order valence-electron chi connectivity index (χ4n) is 3.04. The van der Waals surface area contributed by atoms with Crippen LogP contribution in [0, 0.1) is 5.92 Å². The van der Waals surface area contributed by atoms with E-state index in [1.807, 2.05) is 18.8 Å². The van der Waals surface area contributed by atoms with Gasteiger partial charge in [-0.1, -0.05) is 32.0 Å². The number of guanidine groups is 1. The number of nitrogens with one attached hydrogen (secondary N) is 2. The SMILES string of the molecule is CN=C(NCC(C)CN1CCN(C)CC1)NCC(C)Sc1ccccc1.I. The van der Waals surface area contributed by atoms with Gasteiger partial charge >= 0.3 is 0 Å². The van der Waals surface area contributed by atoms with Gasteiger partial charge in [0.05, 0.1) is 0 Å². The third-order valence-corrected chi connectivity index (χ3v) is 5.76. The normalized spacial score (nSPS) is 18.4. The summed E-state index contributed by atoms with van der Waals surface area (Å²) in [7, 11) is 4.05. The van der Waals surface area contributed by atoms with E-state index in [0.717, 1.165) is 25.6 Å². The molecule has 1 aliphatic rings. The fraction of sp³-hybridized carbons (Fsp3) is 0.650. The number of hydrogen-bond donors (Lipinski definition) is 2. The van der Waals surface area contributed by atoms with Crippen molar-refractivity contribution < 1.29 is 0 Å². The smallest absolute Gasteiger partial charge is 0.191 e. The van der Waals surface area contributed by atoms with Crippen LogP contribution < -0.4 is 10.6 Å². The first-order valence-electron chi connectivity index (χ1n) is 9.64. The van der Waals surface area contributed by atoms with E-state index in [9.17, 15) is 0 Å². The van der Waals surface area contributed by atoms with Gasteiger partial charge in [-0.15, -0.1) is 35.7 Å². The zero-order valence-electron chi connectivity index (χ0n) is 17.1. The number of rotatable bonds is 8. The van der Waals surface area contributed by atoms with Gasteiger partial charge in [0.2, 0.25) is 0 Å². The van der Waals surface area contributed by atoms with Crippen LogP contribution in [0.4, 0.5) is 0 Å². The first-order valence-corrected chi connectivity index (χ1v) is 10.5. The largest absolute Gasteiger partial charge is 0.356 e. The van der Waals surface area contributed by atoms with Gasteiger partial charge in [0, 0.05) is 63.0 Å². The Bertz CT molecular complexity index is 534. The van der Waals surface area contributed by atoms with Crippen molar-refractivity contribution in [3.8, 4) is 0 Å². The molecule has 0 aliphatic carbocycles. The molecule has 0 radical (unpaired) electrons. The molecule has 0 bridgehead atoms. The van der Waals surface area contributed by atoms with Gasteiger partial charge in [-0.25, -0.2) is 0 Å². The van der Waals surface area contributed by atoms with Crippen molar-refractivity contribution in [2.45, 2.75) is 24.0 Å². The molecular formula is C20H36IN5S. The molecule has 2 N–H and O–H groups in total. The summed E-state index contributed by atoms with van der Waals surface area (Å²) in [5.74, 6) is 1.50. The van der Waals surface area contributed by atoms with Crippen molar-refractivity contribution in [1.82, 2.24) is 20.4 Å². The lowest BCUT2D eigenvalue weighted by atomic mass is 10.1. The predicted octanol–water partition coefficient (Wildman–Crippen LogP) is 2.83. The zero-order valence-corrected chi connectivity index (χ0v) is 20.3. The van der Waals surface area contributed by atoms with Crippen LogP contribution in [0.25, 0.3) is 0 Å². The Kier molecular flexibility index (Phi) is 12.4. The molecule has 1 aromatic carbocycles. The maximum atomic E-state index is 4.36. The van der Waals surface area contributed by atoms with E-state index in [1.165, 1.54) is 31.1 Å². The molecule has 1 fully saturated rings. The number of thioether (sulfide) groups is 1. The first-order chi connectivity index (χ1) is 12.6. The van der Waals surface area contributed by atoms with E-state index < -0.39 is 0 Å². The minimum Gasteiger partial charge on any atom is -0.356 e. The summed E-state index contributed by atoms with van der Waals surface area (Å²) in [4.78, 5) is 10.6. The summed E-state index contributed by atoms with van der Waals surface area (Å²) >= 11 is 1.89. The van der Waals surface area contributed by atoms with E-state index >= 15 is 0 Å². The monoisotopic (exact) mass is 505 g/mol. The minimum atomic E-state index is 0. The Labute approximate surface area is 186 Å². The summed E-state index contributed by atoms with van der Waals surface area (Å²) in [6.07, 6.45) is 0. The molecule has 2 unspecified atom stereocenters. The second-order valence-corrected chi connectivity index (χ2v) is 8.80. The molecule has 2 atom stereocenters. The van der Waals surface area contributed by atoms with E-state index in [1.54, 1.807) is 0 Å². The molecule has 0 saturated carbocycles. The lowest BCUT2D eigenvalue weighted by Gasteiger charge is -2.34. The number of likely N-dealkylation sites (N-methyl/N-ethyl adjacent to an activating group) is 1. The molecule has 0 aromatic heterocycles. The molecule has 27 heavy (non-hydrogen) atoms. The van der Waals surface area contributed by atoms with Crippen LogP contribution in [-0.4, -0.2) is 80.9 Å². The number of benzene rings is 1. The van der Waals surface area contributed by atoms with E-state index in [4.69, 9.17) is 0 Å². The van der Waals surface area contributed by atoms with Crippen LogP contribution in [0.2, 0.25) is 0 Å². The van der Waals surface area contributed by atoms with Gasteiger partial charge in [0.15, 0.2) is 5.96 Å². The molecule has 0 spiro atoms. The van der Waals surface area contributed by atoms with Gasteiger partial charge in [0.1, 0.15) is 0 Å². The maximum Gasteiger partial charge on any atom is 0.191 e. The standard InChI is InChI=1S/C20H35N5S.HI/c1-17(16-25-12-10-24(4)11-13-25)14-22-20(21-3)23-15-18(2)26-19-8-6-5-7-9-19;/h5-9,17-18H,10-16H2,1-4H3,(H2,21,22,23);1H. The van der Waals surface area contributed by atoms with E-state index in [-0.39, 0.29) is 24.0 Å². The third kappa shape index (κ3) is 10.0. The number of nitrogens with zero attached hydrogens (tertiary/aromatic N) is 3. The van der Waals surface area contributed by atoms with Gasteiger partial charge in [0.25, 0.3) is 0 Å². The number of aliphatic imine (C=N–C) groups is 1. The Morgan fingerprint density at radius 1 is 1.07 bits per heavy atom. The molecule has 1 heterocycles. The zero-order chi connectivity index (χ0) is 18.8. The number of halogens is 1. The lowest BCUT2D eigenvalue weighted by molar-refractivity contribution is 0.139. The highest BCUT2D eigenvalue weighted by molar-refractivity contribution is 14.0. The quantitative estimate of drug-likeness (QED) is 0.246. The summed E-state index contributed by atoms with van der Waals surface area (Å²) in [5, 5.41) is 7.42. The first kappa shape index (κ1) is 24.5. The van der Waals surface area contributed by atoms with E-state index in [2.05, 4.69) is 76.7 Å². The lowest BCUT2D eigenvalue weighted by Crippen LogP contribution is -2.47. The molecule has 2 rings (SSSR count). The van der Waals surface area contributed by atoms with Crippen LogP contribution >= 0.6 is 35.7 Å². The minimum absolute atomic E-state index is 0. The van der Waals surface area contributed by atoms with Gasteiger partial charge in [-0.05, 0) is 25.1 Å².